The Kier molecular flexibility index (Phi) is 4.04. The minimum absolute atomic E-state index is 0.182. The van der Waals surface area contributed by atoms with Crippen LogP contribution in [0.15, 0.2) is 47.5 Å². The van der Waals surface area contributed by atoms with E-state index in [9.17, 15) is 4.39 Å². The van der Waals surface area contributed by atoms with Gasteiger partial charge in [0.1, 0.15) is 5.82 Å². The number of hydrogen-bond donors (Lipinski definition) is 0. The molecule has 0 aromatic heterocycles. The summed E-state index contributed by atoms with van der Waals surface area (Å²) >= 11 is 0. The molecule has 0 aliphatic heterocycles. The SMILES string of the molecule is CCc1cc(C=Nc2ccc(C#N)cc2)ccc1F. The zero-order valence-electron chi connectivity index (χ0n) is 10.6. The quantitative estimate of drug-likeness (QED) is 0.760. The van der Waals surface area contributed by atoms with E-state index in [4.69, 9.17) is 5.26 Å². The second-order valence-electron chi connectivity index (χ2n) is 4.12. The maximum absolute atomic E-state index is 13.3. The van der Waals surface area contributed by atoms with E-state index in [-0.39, 0.29) is 5.82 Å². The van der Waals surface area contributed by atoms with Gasteiger partial charge in [-0.1, -0.05) is 13.0 Å². The molecular weight excluding hydrogens is 239 g/mol. The van der Waals surface area contributed by atoms with Crippen molar-refractivity contribution in [3.8, 4) is 6.07 Å². The molecule has 0 amide bonds. The fourth-order valence-electron chi connectivity index (χ4n) is 1.72. The van der Waals surface area contributed by atoms with Crippen LogP contribution < -0.4 is 0 Å². The summed E-state index contributed by atoms with van der Waals surface area (Å²) in [6.45, 7) is 1.92. The van der Waals surface area contributed by atoms with Crippen LogP contribution in [0.1, 0.15) is 23.6 Å². The van der Waals surface area contributed by atoms with Crippen molar-refractivity contribution in [2.45, 2.75) is 13.3 Å². The van der Waals surface area contributed by atoms with Crippen molar-refractivity contribution in [2.75, 3.05) is 0 Å². The molecule has 0 N–H and O–H groups in total. The molecular formula is C16H13FN2. The van der Waals surface area contributed by atoms with E-state index < -0.39 is 0 Å². The van der Waals surface area contributed by atoms with Gasteiger partial charge in [-0.3, -0.25) is 4.99 Å². The third kappa shape index (κ3) is 3.26. The fourth-order valence-corrected chi connectivity index (χ4v) is 1.72. The normalized spacial score (nSPS) is 10.6. The number of benzene rings is 2. The Labute approximate surface area is 111 Å². The molecule has 0 spiro atoms. The van der Waals surface area contributed by atoms with Crippen molar-refractivity contribution in [1.29, 1.82) is 5.26 Å². The highest BCUT2D eigenvalue weighted by Gasteiger charge is 2.00. The predicted molar refractivity (Wildman–Crippen MR) is 74.2 cm³/mol. The van der Waals surface area contributed by atoms with Gasteiger partial charge in [-0.15, -0.1) is 0 Å². The summed E-state index contributed by atoms with van der Waals surface area (Å²) in [6, 6.07) is 14.0. The summed E-state index contributed by atoms with van der Waals surface area (Å²) < 4.78 is 13.3. The number of rotatable bonds is 3. The minimum Gasteiger partial charge on any atom is -0.256 e. The van der Waals surface area contributed by atoms with Crippen LogP contribution in [0.4, 0.5) is 10.1 Å². The molecule has 0 atom stereocenters. The first-order valence-corrected chi connectivity index (χ1v) is 6.05. The van der Waals surface area contributed by atoms with Crippen LogP contribution in [0.3, 0.4) is 0 Å². The highest BCUT2D eigenvalue weighted by Crippen LogP contribution is 2.14. The van der Waals surface area contributed by atoms with E-state index in [1.54, 1.807) is 42.6 Å². The maximum atomic E-state index is 13.3. The van der Waals surface area contributed by atoms with Crippen molar-refractivity contribution in [3.63, 3.8) is 0 Å². The van der Waals surface area contributed by atoms with Crippen molar-refractivity contribution in [1.82, 2.24) is 0 Å². The standard InChI is InChI=1S/C16H13FN2/c1-2-14-9-13(5-8-16(14)17)11-19-15-6-3-12(10-18)4-7-15/h3-9,11H,2H2,1H3. The maximum Gasteiger partial charge on any atom is 0.126 e. The molecule has 94 valence electrons. The van der Waals surface area contributed by atoms with Gasteiger partial charge in [-0.2, -0.15) is 5.26 Å². The molecule has 0 heterocycles. The molecule has 0 saturated carbocycles. The smallest absolute Gasteiger partial charge is 0.126 e. The van der Waals surface area contributed by atoms with Crippen LogP contribution in [-0.4, -0.2) is 6.21 Å². The van der Waals surface area contributed by atoms with Gasteiger partial charge in [0.2, 0.25) is 0 Å². The second-order valence-corrected chi connectivity index (χ2v) is 4.12. The number of aryl methyl sites for hydroxylation is 1. The summed E-state index contributed by atoms with van der Waals surface area (Å²) in [7, 11) is 0. The molecule has 2 aromatic carbocycles. The van der Waals surface area contributed by atoms with E-state index in [1.165, 1.54) is 6.07 Å². The van der Waals surface area contributed by atoms with Gasteiger partial charge in [0.25, 0.3) is 0 Å². The van der Waals surface area contributed by atoms with E-state index in [0.29, 0.717) is 17.5 Å². The lowest BCUT2D eigenvalue weighted by Gasteiger charge is -2.00. The van der Waals surface area contributed by atoms with E-state index >= 15 is 0 Å². The summed E-state index contributed by atoms with van der Waals surface area (Å²) in [5.74, 6) is -0.182. The van der Waals surface area contributed by atoms with Crippen molar-refractivity contribution in [3.05, 3.63) is 65.0 Å². The summed E-state index contributed by atoms with van der Waals surface area (Å²) in [5.41, 5.74) is 2.92. The lowest BCUT2D eigenvalue weighted by Crippen LogP contribution is -1.90. The van der Waals surface area contributed by atoms with Gasteiger partial charge in [-0.05, 0) is 53.9 Å². The third-order valence-corrected chi connectivity index (χ3v) is 2.81. The molecule has 0 aliphatic carbocycles. The zero-order valence-corrected chi connectivity index (χ0v) is 10.6. The molecule has 0 bridgehead atoms. The van der Waals surface area contributed by atoms with Crippen LogP contribution >= 0.6 is 0 Å². The number of nitrogens with zero attached hydrogens (tertiary/aromatic N) is 2. The molecule has 2 rings (SSSR count). The molecule has 2 nitrogen and oxygen atoms in total. The largest absolute Gasteiger partial charge is 0.256 e. The zero-order chi connectivity index (χ0) is 13.7. The molecule has 0 aliphatic rings. The number of aliphatic imine (C=N–C) groups is 1. The van der Waals surface area contributed by atoms with Crippen LogP contribution in [0.5, 0.6) is 0 Å². The van der Waals surface area contributed by atoms with Crippen molar-refractivity contribution >= 4 is 11.9 Å². The Bertz CT molecular complexity index is 637. The molecule has 19 heavy (non-hydrogen) atoms. The lowest BCUT2D eigenvalue weighted by molar-refractivity contribution is 0.612. The first-order chi connectivity index (χ1) is 9.22. The van der Waals surface area contributed by atoms with Gasteiger partial charge in [0.15, 0.2) is 0 Å². The first kappa shape index (κ1) is 13.0. The number of nitriles is 1. The van der Waals surface area contributed by atoms with E-state index in [1.807, 2.05) is 6.92 Å². The fraction of sp³-hybridized carbons (Fsp3) is 0.125. The number of hydrogen-bond acceptors (Lipinski definition) is 2. The highest BCUT2D eigenvalue weighted by atomic mass is 19.1. The second kappa shape index (κ2) is 5.92. The minimum atomic E-state index is -0.182. The van der Waals surface area contributed by atoms with Gasteiger partial charge >= 0.3 is 0 Å². The van der Waals surface area contributed by atoms with Gasteiger partial charge in [0, 0.05) is 6.21 Å². The van der Waals surface area contributed by atoms with E-state index in [0.717, 1.165) is 11.3 Å². The summed E-state index contributed by atoms with van der Waals surface area (Å²) in [6.07, 6.45) is 2.35. The average molecular weight is 252 g/mol. The van der Waals surface area contributed by atoms with Gasteiger partial charge in [0.05, 0.1) is 17.3 Å². The van der Waals surface area contributed by atoms with Gasteiger partial charge < -0.3 is 0 Å². The molecule has 0 radical (unpaired) electrons. The molecule has 3 heteroatoms. The Morgan fingerprint density at radius 3 is 2.58 bits per heavy atom. The Morgan fingerprint density at radius 2 is 1.95 bits per heavy atom. The van der Waals surface area contributed by atoms with Crippen molar-refractivity contribution < 1.29 is 4.39 Å². The van der Waals surface area contributed by atoms with Crippen LogP contribution in [0, 0.1) is 17.1 Å². The first-order valence-electron chi connectivity index (χ1n) is 6.05. The monoisotopic (exact) mass is 252 g/mol. The predicted octanol–water partition coefficient (Wildman–Crippen LogP) is 4.01. The lowest BCUT2D eigenvalue weighted by atomic mass is 10.1. The van der Waals surface area contributed by atoms with Crippen LogP contribution in [-0.2, 0) is 6.42 Å². The Balaban J connectivity index is 2.20. The Morgan fingerprint density at radius 1 is 1.21 bits per heavy atom. The molecule has 0 fully saturated rings. The van der Waals surface area contributed by atoms with Crippen LogP contribution in [0.2, 0.25) is 0 Å². The van der Waals surface area contributed by atoms with E-state index in [2.05, 4.69) is 11.1 Å². The highest BCUT2D eigenvalue weighted by molar-refractivity contribution is 5.82. The Hall–Kier alpha value is -2.47. The summed E-state index contributed by atoms with van der Waals surface area (Å²) in [5, 5.41) is 8.70. The van der Waals surface area contributed by atoms with Crippen molar-refractivity contribution in [2.24, 2.45) is 4.99 Å². The number of halogens is 1. The third-order valence-electron chi connectivity index (χ3n) is 2.81. The average Bonchev–Trinajstić information content (AvgIpc) is 2.47. The molecule has 2 aromatic rings. The van der Waals surface area contributed by atoms with Gasteiger partial charge in [-0.25, -0.2) is 4.39 Å². The van der Waals surface area contributed by atoms with Crippen LogP contribution in [0.25, 0.3) is 0 Å². The molecule has 0 saturated heterocycles. The topological polar surface area (TPSA) is 36.1 Å². The summed E-state index contributed by atoms with van der Waals surface area (Å²) in [4.78, 5) is 4.30. The molecule has 0 unspecified atom stereocenters.